The summed E-state index contributed by atoms with van der Waals surface area (Å²) in [6, 6.07) is 0. The van der Waals surface area contributed by atoms with E-state index >= 15 is 0 Å². The fourth-order valence-corrected chi connectivity index (χ4v) is 0.619. The molecule has 0 saturated heterocycles. The van der Waals surface area contributed by atoms with Crippen LogP contribution in [0.4, 0.5) is 0 Å². The Morgan fingerprint density at radius 3 is 1.27 bits per heavy atom. The van der Waals surface area contributed by atoms with Gasteiger partial charge in [0.05, 0.1) is 0 Å². The monoisotopic (exact) mass is 314 g/mol. The van der Waals surface area contributed by atoms with Crippen molar-refractivity contribution in [3.05, 3.63) is 47.4 Å². The minimum Gasteiger partial charge on any atom is -0.300 e. The summed E-state index contributed by atoms with van der Waals surface area (Å²) < 4.78 is 0. The molecule has 0 atom stereocenters. The van der Waals surface area contributed by atoms with E-state index in [4.69, 9.17) is 9.93 Å². The van der Waals surface area contributed by atoms with Crippen molar-refractivity contribution >= 4 is 11.6 Å². The quantitative estimate of drug-likeness (QED) is 0.584. The molecule has 0 fully saturated rings. The molecule has 0 bridgehead atoms. The maximum Gasteiger partial charge on any atom is 0.133 e. The second-order valence-electron chi connectivity index (χ2n) is 3.68. The van der Waals surface area contributed by atoms with E-state index < -0.39 is 0 Å². The zero-order chi connectivity index (χ0) is 18.8. The number of hydrogen-bond acceptors (Lipinski definition) is 4. The molecule has 0 radical (unpaired) electrons. The van der Waals surface area contributed by atoms with Crippen LogP contribution in [-0.4, -0.2) is 11.6 Å². The second kappa shape index (κ2) is 42.7. The molecule has 4 heteroatoms. The summed E-state index contributed by atoms with van der Waals surface area (Å²) in [6.07, 6.45) is 10.6. The highest BCUT2D eigenvalue weighted by Crippen LogP contribution is 1.86. The van der Waals surface area contributed by atoms with Gasteiger partial charge in [-0.15, -0.1) is 13.2 Å². The van der Waals surface area contributed by atoms with Crippen molar-refractivity contribution in [1.82, 2.24) is 0 Å². The SMILES string of the molecule is C=CCC.C=CCC(C)=O.CC.CC/C=C\CC(C)=O.O=O. The van der Waals surface area contributed by atoms with Gasteiger partial charge in [-0.05, 0) is 26.7 Å². The van der Waals surface area contributed by atoms with E-state index in [1.54, 1.807) is 19.9 Å². The number of Topliss-reactive ketones (excluding diaryl/α,β-unsaturated/α-hetero) is 2. The number of carbonyl (C=O) groups is 2. The summed E-state index contributed by atoms with van der Waals surface area (Å²) in [6.45, 7) is 18.1. The summed E-state index contributed by atoms with van der Waals surface area (Å²) in [5, 5.41) is 0. The van der Waals surface area contributed by atoms with Crippen molar-refractivity contribution in [2.75, 3.05) is 0 Å². The van der Waals surface area contributed by atoms with Gasteiger partial charge < -0.3 is 0 Å². The van der Waals surface area contributed by atoms with E-state index in [0.717, 1.165) is 12.8 Å². The van der Waals surface area contributed by atoms with E-state index in [0.29, 0.717) is 12.8 Å². The van der Waals surface area contributed by atoms with E-state index in [2.05, 4.69) is 27.0 Å². The molecule has 0 saturated carbocycles. The molecule has 0 amide bonds. The van der Waals surface area contributed by atoms with Gasteiger partial charge in [-0.3, -0.25) is 9.59 Å². The first kappa shape index (κ1) is 32.2. The lowest BCUT2D eigenvalue weighted by Gasteiger charge is -1.80. The van der Waals surface area contributed by atoms with Crippen LogP contribution >= 0.6 is 0 Å². The standard InChI is InChI=1S/C7H12O.C5H8O.C4H8.C2H6.O2/c1-3-4-5-6-7(2)8;1-3-4-5(2)6;1-3-4-2;2*1-2/h4-5H,3,6H2,1-2H3;3H,1,4H2,2H3;3H,1,4H2,2H3;1-2H3;/b5-4-;;;;. The third kappa shape index (κ3) is 104. The minimum atomic E-state index is 0.171. The molecule has 0 unspecified atom stereocenters. The number of hydrogen-bond donors (Lipinski definition) is 0. The first-order valence-corrected chi connectivity index (χ1v) is 7.48. The number of carbonyl (C=O) groups excluding carboxylic acids is 2. The van der Waals surface area contributed by atoms with Gasteiger partial charge in [0, 0.05) is 22.8 Å². The largest absolute Gasteiger partial charge is 0.300 e. The number of rotatable bonds is 6. The molecule has 0 aliphatic rings. The molecule has 0 aromatic heterocycles. The molecule has 22 heavy (non-hydrogen) atoms. The topological polar surface area (TPSA) is 68.3 Å². The Morgan fingerprint density at radius 1 is 0.773 bits per heavy atom. The molecule has 0 aliphatic carbocycles. The van der Waals surface area contributed by atoms with Crippen LogP contribution in [0, 0.1) is 9.93 Å². The predicted molar refractivity (Wildman–Crippen MR) is 98.8 cm³/mol. The van der Waals surface area contributed by atoms with Gasteiger partial charge in [0.15, 0.2) is 0 Å². The second-order valence-corrected chi connectivity index (χ2v) is 3.68. The highest BCUT2D eigenvalue weighted by molar-refractivity contribution is 5.77. The van der Waals surface area contributed by atoms with Crippen LogP contribution < -0.4 is 0 Å². The molecule has 0 rings (SSSR count). The Bertz CT molecular complexity index is 268. The Morgan fingerprint density at radius 2 is 1.14 bits per heavy atom. The summed E-state index contributed by atoms with van der Waals surface area (Å²) in [7, 11) is 0. The minimum absolute atomic E-state index is 0.171. The predicted octanol–water partition coefficient (Wildman–Crippen LogP) is 5.76. The zero-order valence-corrected chi connectivity index (χ0v) is 15.2. The maximum atomic E-state index is 10.3. The van der Waals surface area contributed by atoms with Gasteiger partial charge in [0.1, 0.15) is 11.6 Å². The van der Waals surface area contributed by atoms with Crippen molar-refractivity contribution in [2.45, 2.75) is 67.2 Å². The van der Waals surface area contributed by atoms with Crippen LogP contribution in [0.15, 0.2) is 37.5 Å². The fourth-order valence-electron chi connectivity index (χ4n) is 0.619. The van der Waals surface area contributed by atoms with Crippen molar-refractivity contribution < 1.29 is 9.59 Å². The molecule has 0 heterocycles. The molecule has 130 valence electrons. The molecular formula is C18H34O4. The van der Waals surface area contributed by atoms with Crippen molar-refractivity contribution in [2.24, 2.45) is 0 Å². The highest BCUT2D eigenvalue weighted by Gasteiger charge is 1.82. The average Bonchev–Trinajstić information content (AvgIpc) is 2.52. The fraction of sp³-hybridized carbons (Fsp3) is 0.556. The van der Waals surface area contributed by atoms with E-state index in [1.807, 2.05) is 32.1 Å². The Kier molecular flexibility index (Phi) is 62.5. The third-order valence-electron chi connectivity index (χ3n) is 1.53. The Balaban J connectivity index is -0.0000000612. The molecule has 4 nitrogen and oxygen atoms in total. The van der Waals surface area contributed by atoms with Gasteiger partial charge in [0.2, 0.25) is 0 Å². The van der Waals surface area contributed by atoms with Crippen molar-refractivity contribution in [1.29, 1.82) is 0 Å². The number of ketones is 2. The van der Waals surface area contributed by atoms with Gasteiger partial charge >= 0.3 is 0 Å². The van der Waals surface area contributed by atoms with Gasteiger partial charge in [0.25, 0.3) is 0 Å². The summed E-state index contributed by atoms with van der Waals surface area (Å²) in [5.41, 5.74) is 0. The Hall–Kier alpha value is -1.84. The average molecular weight is 314 g/mol. The molecule has 0 spiro atoms. The van der Waals surface area contributed by atoms with Crippen LogP contribution in [-0.2, 0) is 9.59 Å². The van der Waals surface area contributed by atoms with Crippen LogP contribution in [0.1, 0.15) is 67.2 Å². The molecule has 0 aromatic carbocycles. The molecule has 0 N–H and O–H groups in total. The molecule has 0 aliphatic heterocycles. The van der Waals surface area contributed by atoms with Crippen molar-refractivity contribution in [3.63, 3.8) is 0 Å². The highest BCUT2D eigenvalue weighted by atomic mass is 16.7. The normalized spacial score (nSPS) is 7.36. The lowest BCUT2D eigenvalue weighted by Crippen LogP contribution is -1.83. The summed E-state index contributed by atoms with van der Waals surface area (Å²) in [4.78, 5) is 34.2. The first-order chi connectivity index (χ1) is 10.5. The lowest BCUT2D eigenvalue weighted by molar-refractivity contribution is -0.117. The maximum absolute atomic E-state index is 10.3. The number of allylic oxidation sites excluding steroid dienone is 4. The van der Waals surface area contributed by atoms with E-state index in [1.165, 1.54) is 0 Å². The summed E-state index contributed by atoms with van der Waals surface area (Å²) in [5.74, 6) is 0.403. The van der Waals surface area contributed by atoms with Crippen LogP contribution in [0.25, 0.3) is 0 Å². The van der Waals surface area contributed by atoms with Crippen LogP contribution in [0.3, 0.4) is 0 Å². The van der Waals surface area contributed by atoms with E-state index in [9.17, 15) is 9.59 Å². The van der Waals surface area contributed by atoms with Gasteiger partial charge in [-0.25, -0.2) is 0 Å². The van der Waals surface area contributed by atoms with Crippen LogP contribution in [0.2, 0.25) is 0 Å². The van der Waals surface area contributed by atoms with Crippen molar-refractivity contribution in [3.8, 4) is 0 Å². The first-order valence-electron chi connectivity index (χ1n) is 7.48. The van der Waals surface area contributed by atoms with Gasteiger partial charge in [-0.2, -0.15) is 0 Å². The summed E-state index contributed by atoms with van der Waals surface area (Å²) >= 11 is 0. The third-order valence-corrected chi connectivity index (χ3v) is 1.53. The van der Waals surface area contributed by atoms with E-state index in [-0.39, 0.29) is 11.6 Å². The molecule has 0 aromatic rings. The molecular weight excluding hydrogens is 280 g/mol. The lowest BCUT2D eigenvalue weighted by atomic mass is 10.3. The zero-order valence-electron chi connectivity index (χ0n) is 15.2. The van der Waals surface area contributed by atoms with Crippen LogP contribution in [0.5, 0.6) is 0 Å². The smallest absolute Gasteiger partial charge is 0.133 e. The van der Waals surface area contributed by atoms with Gasteiger partial charge in [-0.1, -0.05) is 52.0 Å². The Labute approximate surface area is 136 Å².